The molecule has 0 aromatic carbocycles. The molecular formula is C5H10N4O. The summed E-state index contributed by atoms with van der Waals surface area (Å²) in [5.74, 6) is 0.834. The minimum atomic E-state index is 0.335. The number of rotatable bonds is 1. The molecule has 1 aliphatic heterocycles. The first-order valence-electron chi connectivity index (χ1n) is 2.82. The van der Waals surface area contributed by atoms with Gasteiger partial charge in [-0.25, -0.2) is 0 Å². The Morgan fingerprint density at radius 3 is 3.00 bits per heavy atom. The highest BCUT2D eigenvalue weighted by Crippen LogP contribution is 2.00. The molecule has 0 spiro atoms. The number of nitrogens with one attached hydrogen (secondary N) is 1. The van der Waals surface area contributed by atoms with Crippen molar-refractivity contribution in [2.75, 3.05) is 14.2 Å². The third-order valence-electron chi connectivity index (χ3n) is 1.03. The minimum absolute atomic E-state index is 0.335. The van der Waals surface area contributed by atoms with Crippen molar-refractivity contribution in [1.29, 1.82) is 0 Å². The molecule has 1 aliphatic rings. The van der Waals surface area contributed by atoms with E-state index in [-0.39, 0.29) is 0 Å². The third kappa shape index (κ3) is 1.31. The standard InChI is InChI=1S/C5H10N4O/c1-9-3-4(10-2)7-5(6)8-9/h3H,1-2H3,(H3,6,7,8). The van der Waals surface area contributed by atoms with Crippen molar-refractivity contribution in [3.05, 3.63) is 12.1 Å². The number of nitrogens with two attached hydrogens (primary N) is 1. The van der Waals surface area contributed by atoms with Gasteiger partial charge in [-0.1, -0.05) is 0 Å². The summed E-state index contributed by atoms with van der Waals surface area (Å²) < 4.78 is 4.84. The topological polar surface area (TPSA) is 62.9 Å². The lowest BCUT2D eigenvalue weighted by atomic mass is 10.7. The van der Waals surface area contributed by atoms with Crippen LogP contribution in [0.25, 0.3) is 0 Å². The summed E-state index contributed by atoms with van der Waals surface area (Å²) in [5.41, 5.74) is 8.12. The fourth-order valence-electron chi connectivity index (χ4n) is 0.650. The van der Waals surface area contributed by atoms with Crippen LogP contribution in [-0.2, 0) is 4.74 Å². The average Bonchev–Trinajstić information content (AvgIpc) is 1.85. The molecule has 1 heterocycles. The van der Waals surface area contributed by atoms with E-state index in [1.54, 1.807) is 25.4 Å². The van der Waals surface area contributed by atoms with Gasteiger partial charge in [0.25, 0.3) is 0 Å². The van der Waals surface area contributed by atoms with Gasteiger partial charge in [0.05, 0.1) is 13.3 Å². The van der Waals surface area contributed by atoms with Gasteiger partial charge in [0, 0.05) is 7.05 Å². The van der Waals surface area contributed by atoms with Crippen molar-refractivity contribution in [3.63, 3.8) is 0 Å². The molecule has 0 saturated heterocycles. The number of aliphatic imine (C=N–C) groups is 1. The molecular weight excluding hydrogens is 132 g/mol. The molecule has 3 N–H and O–H groups in total. The second-order valence-corrected chi connectivity index (χ2v) is 1.89. The first kappa shape index (κ1) is 6.73. The summed E-state index contributed by atoms with van der Waals surface area (Å²) in [7, 11) is 3.35. The van der Waals surface area contributed by atoms with Gasteiger partial charge in [-0.2, -0.15) is 4.99 Å². The Kier molecular flexibility index (Phi) is 1.66. The largest absolute Gasteiger partial charge is 0.480 e. The smallest absolute Gasteiger partial charge is 0.234 e. The Hall–Kier alpha value is -1.39. The number of hydrazine groups is 1. The van der Waals surface area contributed by atoms with Crippen LogP contribution in [0.4, 0.5) is 0 Å². The van der Waals surface area contributed by atoms with Crippen molar-refractivity contribution >= 4 is 5.96 Å². The van der Waals surface area contributed by atoms with E-state index in [1.807, 2.05) is 0 Å². The molecule has 5 heteroatoms. The Morgan fingerprint density at radius 1 is 1.80 bits per heavy atom. The lowest BCUT2D eigenvalue weighted by molar-refractivity contribution is 0.259. The molecule has 10 heavy (non-hydrogen) atoms. The van der Waals surface area contributed by atoms with Gasteiger partial charge < -0.3 is 10.5 Å². The van der Waals surface area contributed by atoms with E-state index in [9.17, 15) is 0 Å². The number of methoxy groups -OCH3 is 1. The van der Waals surface area contributed by atoms with Crippen molar-refractivity contribution in [1.82, 2.24) is 10.4 Å². The van der Waals surface area contributed by atoms with Crippen molar-refractivity contribution in [2.24, 2.45) is 10.7 Å². The van der Waals surface area contributed by atoms with Crippen LogP contribution in [0, 0.1) is 0 Å². The predicted molar refractivity (Wildman–Crippen MR) is 37.6 cm³/mol. The van der Waals surface area contributed by atoms with E-state index in [0.29, 0.717) is 11.8 Å². The summed E-state index contributed by atoms with van der Waals surface area (Å²) >= 11 is 0. The first-order valence-corrected chi connectivity index (χ1v) is 2.82. The Bertz CT molecular complexity index is 186. The molecule has 0 amide bonds. The number of ether oxygens (including phenoxy) is 1. The van der Waals surface area contributed by atoms with Gasteiger partial charge in [0.2, 0.25) is 11.8 Å². The first-order chi connectivity index (χ1) is 4.72. The highest BCUT2D eigenvalue weighted by Gasteiger charge is 2.05. The molecule has 0 aromatic rings. The van der Waals surface area contributed by atoms with E-state index in [2.05, 4.69) is 10.4 Å². The maximum atomic E-state index is 5.37. The Morgan fingerprint density at radius 2 is 2.50 bits per heavy atom. The van der Waals surface area contributed by atoms with Gasteiger partial charge in [-0.05, 0) is 0 Å². The highest BCUT2D eigenvalue weighted by atomic mass is 16.5. The third-order valence-corrected chi connectivity index (χ3v) is 1.03. The second-order valence-electron chi connectivity index (χ2n) is 1.89. The van der Waals surface area contributed by atoms with Crippen molar-refractivity contribution in [3.8, 4) is 0 Å². The van der Waals surface area contributed by atoms with Crippen LogP contribution in [0.5, 0.6) is 0 Å². The summed E-state index contributed by atoms with van der Waals surface area (Å²) in [6.45, 7) is 0. The molecule has 0 saturated carbocycles. The van der Waals surface area contributed by atoms with Crippen molar-refractivity contribution in [2.45, 2.75) is 0 Å². The summed E-state index contributed by atoms with van der Waals surface area (Å²) in [4.78, 5) is 3.83. The summed E-state index contributed by atoms with van der Waals surface area (Å²) in [6, 6.07) is 0. The molecule has 0 aromatic heterocycles. The SMILES string of the molecule is COC1=CN(C)NC(N)=N1. The van der Waals surface area contributed by atoms with Crippen LogP contribution in [-0.4, -0.2) is 25.1 Å². The van der Waals surface area contributed by atoms with Crippen LogP contribution in [0.2, 0.25) is 0 Å². The lowest BCUT2D eigenvalue weighted by Gasteiger charge is -2.20. The number of hydrogen-bond acceptors (Lipinski definition) is 5. The maximum Gasteiger partial charge on any atom is 0.234 e. The Labute approximate surface area is 59.1 Å². The zero-order valence-electron chi connectivity index (χ0n) is 5.96. The van der Waals surface area contributed by atoms with Gasteiger partial charge in [-0.15, -0.1) is 0 Å². The monoisotopic (exact) mass is 142 g/mol. The van der Waals surface area contributed by atoms with Crippen LogP contribution < -0.4 is 11.2 Å². The van der Waals surface area contributed by atoms with E-state index >= 15 is 0 Å². The summed E-state index contributed by atoms with van der Waals surface area (Å²) in [5, 5.41) is 1.67. The second kappa shape index (κ2) is 2.47. The fourth-order valence-corrected chi connectivity index (χ4v) is 0.650. The maximum absolute atomic E-state index is 5.37. The molecule has 1 rings (SSSR count). The van der Waals surface area contributed by atoms with Crippen molar-refractivity contribution < 1.29 is 4.74 Å². The van der Waals surface area contributed by atoms with Crippen LogP contribution in [0.3, 0.4) is 0 Å². The van der Waals surface area contributed by atoms with E-state index in [4.69, 9.17) is 10.5 Å². The Balaban J connectivity index is 2.72. The fraction of sp³-hybridized carbons (Fsp3) is 0.400. The average molecular weight is 142 g/mol. The molecule has 5 nitrogen and oxygen atoms in total. The van der Waals surface area contributed by atoms with Gasteiger partial charge in [0.15, 0.2) is 0 Å². The molecule has 0 atom stereocenters. The van der Waals surface area contributed by atoms with Crippen LogP contribution >= 0.6 is 0 Å². The summed E-state index contributed by atoms with van der Waals surface area (Å²) in [6.07, 6.45) is 1.69. The molecule has 0 radical (unpaired) electrons. The molecule has 0 fully saturated rings. The van der Waals surface area contributed by atoms with E-state index in [1.165, 1.54) is 0 Å². The van der Waals surface area contributed by atoms with E-state index < -0.39 is 0 Å². The lowest BCUT2D eigenvalue weighted by Crippen LogP contribution is -2.43. The highest BCUT2D eigenvalue weighted by molar-refractivity contribution is 5.78. The molecule has 0 unspecified atom stereocenters. The van der Waals surface area contributed by atoms with Crippen LogP contribution in [0.1, 0.15) is 0 Å². The molecule has 0 aliphatic carbocycles. The quantitative estimate of drug-likeness (QED) is 0.503. The van der Waals surface area contributed by atoms with E-state index in [0.717, 1.165) is 0 Å². The van der Waals surface area contributed by atoms with Gasteiger partial charge >= 0.3 is 0 Å². The van der Waals surface area contributed by atoms with Gasteiger partial charge in [-0.3, -0.25) is 10.4 Å². The van der Waals surface area contributed by atoms with Gasteiger partial charge in [0.1, 0.15) is 0 Å². The molecule has 56 valence electrons. The zero-order valence-corrected chi connectivity index (χ0v) is 5.96. The predicted octanol–water partition coefficient (Wildman–Crippen LogP) is -0.804. The minimum Gasteiger partial charge on any atom is -0.480 e. The molecule has 0 bridgehead atoms. The van der Waals surface area contributed by atoms with Crippen LogP contribution in [0.15, 0.2) is 17.1 Å². The zero-order chi connectivity index (χ0) is 7.56. The normalized spacial score (nSPS) is 17.2. The number of guanidine groups is 1. The number of nitrogens with zero attached hydrogens (tertiary/aromatic N) is 2. The number of hydrogen-bond donors (Lipinski definition) is 2.